The van der Waals surface area contributed by atoms with E-state index in [2.05, 4.69) is 0 Å². The lowest BCUT2D eigenvalue weighted by Gasteiger charge is -2.48. The Kier molecular flexibility index (Phi) is 7.04. The summed E-state index contributed by atoms with van der Waals surface area (Å²) >= 11 is 6.46. The van der Waals surface area contributed by atoms with Crippen molar-refractivity contribution in [2.24, 2.45) is 5.41 Å². The predicted octanol–water partition coefficient (Wildman–Crippen LogP) is 1.93. The fraction of sp³-hybridized carbons (Fsp3) is 0.545. The molecule has 3 rings (SSSR count). The molecule has 0 aromatic heterocycles. The summed E-state index contributed by atoms with van der Waals surface area (Å²) in [7, 11) is 0. The van der Waals surface area contributed by atoms with Crippen LogP contribution in [0.1, 0.15) is 25.8 Å². The molecule has 1 saturated heterocycles. The van der Waals surface area contributed by atoms with Gasteiger partial charge in [0, 0.05) is 10.4 Å². The molecule has 160 valence electrons. The second kappa shape index (κ2) is 9.16. The topological polar surface area (TPSA) is 99.4 Å². The zero-order valence-corrected chi connectivity index (χ0v) is 17.4. The maximum Gasteiger partial charge on any atom is 0.119 e. The second-order valence-electron chi connectivity index (χ2n) is 7.97. The molecule has 0 spiro atoms. The van der Waals surface area contributed by atoms with Crippen molar-refractivity contribution in [3.63, 3.8) is 0 Å². The van der Waals surface area contributed by atoms with Gasteiger partial charge in [0.25, 0.3) is 0 Å². The van der Waals surface area contributed by atoms with Gasteiger partial charge in [-0.2, -0.15) is 0 Å². The van der Waals surface area contributed by atoms with E-state index in [-0.39, 0.29) is 0 Å². The highest BCUT2D eigenvalue weighted by atomic mass is 35.5. The lowest BCUT2D eigenvalue weighted by molar-refractivity contribution is -0.249. The van der Waals surface area contributed by atoms with E-state index in [1.165, 1.54) is 0 Å². The fourth-order valence-corrected chi connectivity index (χ4v) is 4.29. The number of hydrogen-bond donors (Lipinski definition) is 4. The first-order valence-electron chi connectivity index (χ1n) is 9.88. The number of allylic oxidation sites excluding steroid dienone is 3. The number of rotatable bonds is 6. The van der Waals surface area contributed by atoms with Gasteiger partial charge in [0.2, 0.25) is 0 Å². The van der Waals surface area contributed by atoms with E-state index in [0.717, 1.165) is 16.9 Å². The van der Waals surface area contributed by atoms with Crippen LogP contribution in [0.15, 0.2) is 47.0 Å². The van der Waals surface area contributed by atoms with E-state index in [4.69, 9.17) is 21.1 Å². The van der Waals surface area contributed by atoms with E-state index in [1.54, 1.807) is 6.08 Å². The average molecular weight is 425 g/mol. The van der Waals surface area contributed by atoms with Crippen molar-refractivity contribution >= 4 is 11.6 Å². The van der Waals surface area contributed by atoms with E-state index in [9.17, 15) is 20.4 Å². The Morgan fingerprint density at radius 3 is 2.45 bits per heavy atom. The first kappa shape index (κ1) is 22.3. The molecular formula is C22H29ClO6. The lowest BCUT2D eigenvalue weighted by atomic mass is 9.70. The van der Waals surface area contributed by atoms with Crippen molar-refractivity contribution in [1.29, 1.82) is 0 Å². The van der Waals surface area contributed by atoms with E-state index in [0.29, 0.717) is 24.5 Å². The minimum atomic E-state index is -1.40. The molecule has 1 heterocycles. The Bertz CT molecular complexity index is 759. The van der Waals surface area contributed by atoms with Crippen molar-refractivity contribution in [3.05, 3.63) is 52.6 Å². The zero-order chi connectivity index (χ0) is 21.2. The van der Waals surface area contributed by atoms with E-state index < -0.39 is 42.5 Å². The Morgan fingerprint density at radius 2 is 1.83 bits per heavy atom. The maximum atomic E-state index is 10.5. The van der Waals surface area contributed by atoms with Crippen LogP contribution in [0.3, 0.4) is 0 Å². The van der Waals surface area contributed by atoms with Crippen molar-refractivity contribution < 1.29 is 29.9 Å². The number of aliphatic hydroxyl groups excluding tert-OH is 4. The summed E-state index contributed by atoms with van der Waals surface area (Å²) in [5.74, 6) is 0.811. The quantitative estimate of drug-likeness (QED) is 0.557. The molecule has 2 aliphatic rings. The molecule has 1 unspecified atom stereocenters. The largest absolute Gasteiger partial charge is 0.494 e. The predicted molar refractivity (Wildman–Crippen MR) is 110 cm³/mol. The monoisotopic (exact) mass is 424 g/mol. The zero-order valence-electron chi connectivity index (χ0n) is 16.7. The molecule has 29 heavy (non-hydrogen) atoms. The first-order valence-corrected chi connectivity index (χ1v) is 10.3. The van der Waals surface area contributed by atoms with Gasteiger partial charge in [0.1, 0.15) is 30.2 Å². The van der Waals surface area contributed by atoms with Crippen molar-refractivity contribution in [2.75, 3.05) is 13.2 Å². The smallest absolute Gasteiger partial charge is 0.119 e. The minimum absolute atomic E-state index is 0.448. The van der Waals surface area contributed by atoms with Crippen LogP contribution in [-0.4, -0.2) is 64.2 Å². The number of halogens is 1. The lowest BCUT2D eigenvalue weighted by Crippen LogP contribution is -2.62. The van der Waals surface area contributed by atoms with Crippen LogP contribution in [0.5, 0.6) is 5.75 Å². The third-order valence-electron chi connectivity index (χ3n) is 5.74. The van der Waals surface area contributed by atoms with Crippen molar-refractivity contribution in [2.45, 2.75) is 57.2 Å². The molecule has 0 bridgehead atoms. The normalized spacial score (nSPS) is 35.1. The molecule has 0 amide bonds. The van der Waals surface area contributed by atoms with E-state index >= 15 is 0 Å². The van der Waals surface area contributed by atoms with Crippen molar-refractivity contribution in [3.8, 4) is 5.75 Å². The average Bonchev–Trinajstić information content (AvgIpc) is 2.71. The highest BCUT2D eigenvalue weighted by Crippen LogP contribution is 2.44. The SMILES string of the molecule is CCOc1ccc(CC2=C(Cl)C=CC(C)([C@@H]3O[C@H](CO)[C@@H](O)[C@H](O)[C@H]3O)C2)cc1. The van der Waals surface area contributed by atoms with E-state index in [1.807, 2.05) is 44.2 Å². The van der Waals surface area contributed by atoms with Gasteiger partial charge < -0.3 is 29.9 Å². The first-order chi connectivity index (χ1) is 13.8. The molecule has 6 atom stereocenters. The molecule has 1 aliphatic carbocycles. The fourth-order valence-electron chi connectivity index (χ4n) is 4.09. The Hall–Kier alpha value is -1.41. The van der Waals surface area contributed by atoms with Gasteiger partial charge in [0.05, 0.1) is 19.3 Å². The molecule has 1 fully saturated rings. The Labute approximate surface area is 176 Å². The summed E-state index contributed by atoms with van der Waals surface area (Å²) in [4.78, 5) is 0. The third kappa shape index (κ3) is 4.68. The van der Waals surface area contributed by atoms with Crippen LogP contribution < -0.4 is 4.74 Å². The molecule has 6 nitrogen and oxygen atoms in total. The molecule has 1 aromatic carbocycles. The molecule has 0 saturated carbocycles. The Balaban J connectivity index is 1.78. The van der Waals surface area contributed by atoms with Crippen molar-refractivity contribution in [1.82, 2.24) is 0 Å². The maximum absolute atomic E-state index is 10.5. The van der Waals surface area contributed by atoms with Gasteiger partial charge >= 0.3 is 0 Å². The molecule has 7 heteroatoms. The number of aliphatic hydroxyl groups is 4. The summed E-state index contributed by atoms with van der Waals surface area (Å²) in [5.41, 5.74) is 1.40. The van der Waals surface area contributed by atoms with Crippen LogP contribution in [0.25, 0.3) is 0 Å². The van der Waals surface area contributed by atoms with Gasteiger partial charge in [-0.1, -0.05) is 36.7 Å². The minimum Gasteiger partial charge on any atom is -0.494 e. The van der Waals surface area contributed by atoms with Gasteiger partial charge in [-0.15, -0.1) is 0 Å². The Morgan fingerprint density at radius 1 is 1.14 bits per heavy atom. The summed E-state index contributed by atoms with van der Waals surface area (Å²) in [6.07, 6.45) is -0.988. The van der Waals surface area contributed by atoms with Gasteiger partial charge in [-0.05, 0) is 49.1 Å². The highest BCUT2D eigenvalue weighted by Gasteiger charge is 2.50. The van der Waals surface area contributed by atoms with Gasteiger partial charge in [-0.25, -0.2) is 0 Å². The second-order valence-corrected chi connectivity index (χ2v) is 8.38. The number of benzene rings is 1. The summed E-state index contributed by atoms with van der Waals surface area (Å²) in [6.45, 7) is 4.01. The molecule has 4 N–H and O–H groups in total. The molecule has 1 aromatic rings. The van der Waals surface area contributed by atoms with Gasteiger partial charge in [-0.3, -0.25) is 0 Å². The standard InChI is InChI=1S/C22H29ClO6/c1-3-28-15-6-4-13(5-7-15)10-14-11-22(2,9-8-16(14)23)21-20(27)19(26)18(25)17(12-24)29-21/h4-9,17-21,24-27H,3,10-12H2,1-2H3/t17-,18-,19+,20-,21-,22?/m1/s1. The third-order valence-corrected chi connectivity index (χ3v) is 6.13. The number of hydrogen-bond acceptors (Lipinski definition) is 6. The molecular weight excluding hydrogens is 396 g/mol. The van der Waals surface area contributed by atoms with Crippen LogP contribution in [0.4, 0.5) is 0 Å². The van der Waals surface area contributed by atoms with Crippen LogP contribution in [-0.2, 0) is 11.2 Å². The summed E-state index contributed by atoms with van der Waals surface area (Å²) in [5, 5.41) is 40.9. The summed E-state index contributed by atoms with van der Waals surface area (Å²) in [6, 6.07) is 7.82. The molecule has 1 aliphatic heterocycles. The highest BCUT2D eigenvalue weighted by molar-refractivity contribution is 6.31. The number of ether oxygens (including phenoxy) is 2. The van der Waals surface area contributed by atoms with Gasteiger partial charge in [0.15, 0.2) is 0 Å². The summed E-state index contributed by atoms with van der Waals surface area (Å²) < 4.78 is 11.3. The van der Waals surface area contributed by atoms with Crippen LogP contribution >= 0.6 is 11.6 Å². The molecule has 0 radical (unpaired) electrons. The van der Waals surface area contributed by atoms with Crippen LogP contribution in [0, 0.1) is 5.41 Å². The van der Waals surface area contributed by atoms with Crippen LogP contribution in [0.2, 0.25) is 0 Å².